The summed E-state index contributed by atoms with van der Waals surface area (Å²) >= 11 is 1.92. The fourth-order valence-electron chi connectivity index (χ4n) is 4.48. The van der Waals surface area contributed by atoms with Crippen LogP contribution in [0, 0.1) is 19.8 Å². The van der Waals surface area contributed by atoms with Crippen LogP contribution in [0.25, 0.3) is 32.6 Å². The maximum atomic E-state index is 5.16. The first kappa shape index (κ1) is 20.1. The number of halogens is 1. The van der Waals surface area contributed by atoms with Gasteiger partial charge in [0.25, 0.3) is 0 Å². The standard InChI is InChI=1S/C26H25NS.ClH/c1-16-7-6-9-19(13-16)22-15-23(20-10-5-4-8-18(20)3)27-26-25(22)21-12-11-17(2)14-24(21)28-26;/h4-10,13,15,17H,11-12,14H2,1-3H3;1H/p-1. The van der Waals surface area contributed by atoms with Gasteiger partial charge in [-0.2, -0.15) is 0 Å². The highest BCUT2D eigenvalue weighted by Crippen LogP contribution is 2.43. The number of thiophene rings is 1. The number of hydrogen-bond acceptors (Lipinski definition) is 2. The zero-order chi connectivity index (χ0) is 19.3. The van der Waals surface area contributed by atoms with Crippen LogP contribution in [0.15, 0.2) is 54.6 Å². The number of hydrogen-bond donors (Lipinski definition) is 0. The molecule has 1 nitrogen and oxygen atoms in total. The molecule has 1 atom stereocenters. The SMILES string of the molecule is Cc1cccc(-c2cc(-c3ccccc3C)nc3sc4c(c23)CCC(C)C4)c1.[Cl-]. The summed E-state index contributed by atoms with van der Waals surface area (Å²) < 4.78 is 0. The highest BCUT2D eigenvalue weighted by atomic mass is 35.5. The van der Waals surface area contributed by atoms with E-state index in [2.05, 4.69) is 75.4 Å². The molecule has 0 amide bonds. The van der Waals surface area contributed by atoms with E-state index in [1.165, 1.54) is 57.3 Å². The van der Waals surface area contributed by atoms with E-state index < -0.39 is 0 Å². The average Bonchev–Trinajstić information content (AvgIpc) is 3.05. The molecular weight excluding hydrogens is 394 g/mol. The maximum absolute atomic E-state index is 5.16. The van der Waals surface area contributed by atoms with E-state index in [1.54, 1.807) is 10.4 Å². The number of benzene rings is 2. The number of nitrogens with zero attached hydrogens (tertiary/aromatic N) is 1. The summed E-state index contributed by atoms with van der Waals surface area (Å²) in [6, 6.07) is 19.8. The highest BCUT2D eigenvalue weighted by molar-refractivity contribution is 7.19. The molecule has 4 aromatic rings. The summed E-state index contributed by atoms with van der Waals surface area (Å²) in [5.74, 6) is 0.777. The second kappa shape index (κ2) is 7.93. The van der Waals surface area contributed by atoms with Gasteiger partial charge in [-0.1, -0.05) is 61.0 Å². The minimum Gasteiger partial charge on any atom is -1.00 e. The van der Waals surface area contributed by atoms with Gasteiger partial charge in [0.15, 0.2) is 0 Å². The van der Waals surface area contributed by atoms with E-state index in [9.17, 15) is 0 Å². The summed E-state index contributed by atoms with van der Waals surface area (Å²) in [4.78, 5) is 7.92. The number of pyridine rings is 1. The van der Waals surface area contributed by atoms with Crippen molar-refractivity contribution in [2.24, 2.45) is 5.92 Å². The Labute approximate surface area is 183 Å². The van der Waals surface area contributed by atoms with Gasteiger partial charge >= 0.3 is 0 Å². The molecule has 5 rings (SSSR count). The summed E-state index contributed by atoms with van der Waals surface area (Å²) in [5, 5.41) is 1.40. The van der Waals surface area contributed by atoms with Gasteiger partial charge in [0.05, 0.1) is 5.69 Å². The van der Waals surface area contributed by atoms with Crippen molar-refractivity contribution in [1.82, 2.24) is 4.98 Å². The van der Waals surface area contributed by atoms with Gasteiger partial charge in [0.2, 0.25) is 0 Å². The van der Waals surface area contributed by atoms with E-state index in [1.807, 2.05) is 11.3 Å². The van der Waals surface area contributed by atoms with Gasteiger partial charge in [-0.15, -0.1) is 11.3 Å². The van der Waals surface area contributed by atoms with Crippen LogP contribution in [0.1, 0.15) is 34.9 Å². The van der Waals surface area contributed by atoms with Gasteiger partial charge < -0.3 is 12.4 Å². The van der Waals surface area contributed by atoms with Crippen LogP contribution in [-0.2, 0) is 12.8 Å². The quantitative estimate of drug-likeness (QED) is 0.471. The predicted octanol–water partition coefficient (Wildman–Crippen LogP) is 4.38. The van der Waals surface area contributed by atoms with E-state index >= 15 is 0 Å². The van der Waals surface area contributed by atoms with Crippen molar-refractivity contribution in [1.29, 1.82) is 0 Å². The van der Waals surface area contributed by atoms with Crippen LogP contribution in [0.2, 0.25) is 0 Å². The Morgan fingerprint density at radius 2 is 1.79 bits per heavy atom. The van der Waals surface area contributed by atoms with Crippen LogP contribution >= 0.6 is 11.3 Å². The lowest BCUT2D eigenvalue weighted by atomic mass is 9.87. The summed E-state index contributed by atoms with van der Waals surface area (Å²) in [6.07, 6.45) is 3.66. The fourth-order valence-corrected chi connectivity index (χ4v) is 5.89. The molecule has 148 valence electrons. The summed E-state index contributed by atoms with van der Waals surface area (Å²) in [5.41, 5.74) is 9.11. The Morgan fingerprint density at radius 1 is 0.966 bits per heavy atom. The zero-order valence-corrected chi connectivity index (χ0v) is 18.7. The molecule has 0 bridgehead atoms. The molecule has 0 saturated carbocycles. The Bertz CT molecular complexity index is 1190. The Hall–Kier alpha value is -2.16. The van der Waals surface area contributed by atoms with Gasteiger partial charge in [0.1, 0.15) is 4.83 Å². The second-order valence-electron chi connectivity index (χ2n) is 8.27. The van der Waals surface area contributed by atoms with Crippen molar-refractivity contribution in [3.63, 3.8) is 0 Å². The minimum absolute atomic E-state index is 0. The van der Waals surface area contributed by atoms with Crippen LogP contribution in [0.3, 0.4) is 0 Å². The number of aryl methyl sites for hydroxylation is 3. The maximum Gasteiger partial charge on any atom is 0.125 e. The molecule has 2 aromatic heterocycles. The molecule has 0 aliphatic heterocycles. The second-order valence-corrected chi connectivity index (χ2v) is 9.35. The van der Waals surface area contributed by atoms with Crippen LogP contribution in [0.4, 0.5) is 0 Å². The van der Waals surface area contributed by atoms with Gasteiger partial charge in [0, 0.05) is 15.8 Å². The molecule has 29 heavy (non-hydrogen) atoms. The average molecular weight is 419 g/mol. The predicted molar refractivity (Wildman–Crippen MR) is 121 cm³/mol. The lowest BCUT2D eigenvalue weighted by Gasteiger charge is -2.18. The van der Waals surface area contributed by atoms with E-state index in [4.69, 9.17) is 4.98 Å². The van der Waals surface area contributed by atoms with Gasteiger partial charge in [-0.25, -0.2) is 4.98 Å². The molecule has 3 heteroatoms. The number of rotatable bonds is 2. The van der Waals surface area contributed by atoms with Crippen molar-refractivity contribution in [3.05, 3.63) is 76.2 Å². The molecule has 0 N–H and O–H groups in total. The van der Waals surface area contributed by atoms with Crippen LogP contribution < -0.4 is 12.4 Å². The van der Waals surface area contributed by atoms with Crippen molar-refractivity contribution in [2.75, 3.05) is 0 Å². The Morgan fingerprint density at radius 3 is 2.59 bits per heavy atom. The van der Waals surface area contributed by atoms with Crippen molar-refractivity contribution in [2.45, 2.75) is 40.0 Å². The molecular formula is C26H25ClNS-. The number of aromatic nitrogens is 1. The van der Waals surface area contributed by atoms with E-state index in [-0.39, 0.29) is 12.4 Å². The first-order chi connectivity index (χ1) is 13.6. The molecule has 2 heterocycles. The molecule has 1 unspecified atom stereocenters. The third kappa shape index (κ3) is 3.60. The van der Waals surface area contributed by atoms with Crippen LogP contribution in [-0.4, -0.2) is 4.98 Å². The summed E-state index contributed by atoms with van der Waals surface area (Å²) in [6.45, 7) is 6.73. The molecule has 0 saturated heterocycles. The van der Waals surface area contributed by atoms with E-state index in [0.29, 0.717) is 0 Å². The molecule has 1 aliphatic carbocycles. The monoisotopic (exact) mass is 418 g/mol. The minimum atomic E-state index is 0. The first-order valence-electron chi connectivity index (χ1n) is 10.2. The number of fused-ring (bicyclic) bond motifs is 3. The normalized spacial score (nSPS) is 15.8. The lowest BCUT2D eigenvalue weighted by molar-refractivity contribution is -0.00000569. The molecule has 2 aromatic carbocycles. The molecule has 0 spiro atoms. The van der Waals surface area contributed by atoms with Gasteiger partial charge in [-0.05, 0) is 67.3 Å². The van der Waals surface area contributed by atoms with Crippen molar-refractivity contribution in [3.8, 4) is 22.4 Å². The third-order valence-electron chi connectivity index (χ3n) is 6.02. The van der Waals surface area contributed by atoms with E-state index in [0.717, 1.165) is 11.6 Å². The fraction of sp³-hybridized carbons (Fsp3) is 0.269. The molecule has 0 fully saturated rings. The highest BCUT2D eigenvalue weighted by Gasteiger charge is 2.24. The Balaban J connectivity index is 0.00000205. The van der Waals surface area contributed by atoms with Crippen molar-refractivity contribution < 1.29 is 12.4 Å². The van der Waals surface area contributed by atoms with Crippen LogP contribution in [0.5, 0.6) is 0 Å². The van der Waals surface area contributed by atoms with Gasteiger partial charge in [-0.3, -0.25) is 0 Å². The first-order valence-corrected chi connectivity index (χ1v) is 11.0. The smallest absolute Gasteiger partial charge is 0.125 e. The lowest BCUT2D eigenvalue weighted by Crippen LogP contribution is -3.00. The Kier molecular flexibility index (Phi) is 5.50. The topological polar surface area (TPSA) is 12.9 Å². The summed E-state index contributed by atoms with van der Waals surface area (Å²) in [7, 11) is 0. The largest absolute Gasteiger partial charge is 1.00 e. The zero-order valence-electron chi connectivity index (χ0n) is 17.1. The molecule has 1 aliphatic rings. The third-order valence-corrected chi connectivity index (χ3v) is 7.16. The molecule has 0 radical (unpaired) electrons. The van der Waals surface area contributed by atoms with Crippen molar-refractivity contribution >= 4 is 21.6 Å².